The SMILES string of the molecule is CCn1c(=O)[nH]c2cc(C(=O)Nc3nc(-c4ccc5c(c4)CCO5)cs3)ccc2c1=O. The van der Waals surface area contributed by atoms with Gasteiger partial charge in [0, 0.05) is 29.5 Å². The second kappa shape index (κ2) is 7.51. The van der Waals surface area contributed by atoms with E-state index in [1.165, 1.54) is 17.4 Å². The highest BCUT2D eigenvalue weighted by molar-refractivity contribution is 7.14. The molecule has 1 amide bonds. The summed E-state index contributed by atoms with van der Waals surface area (Å²) in [6.07, 6.45) is 0.879. The summed E-state index contributed by atoms with van der Waals surface area (Å²) in [6, 6.07) is 10.6. The predicted molar refractivity (Wildman–Crippen MR) is 119 cm³/mol. The van der Waals surface area contributed by atoms with Crippen molar-refractivity contribution in [3.63, 3.8) is 0 Å². The Kier molecular flexibility index (Phi) is 4.67. The minimum absolute atomic E-state index is 0.274. The van der Waals surface area contributed by atoms with Crippen molar-refractivity contribution < 1.29 is 9.53 Å². The first-order chi connectivity index (χ1) is 15.0. The van der Waals surface area contributed by atoms with Crippen LogP contribution in [0.2, 0.25) is 0 Å². The van der Waals surface area contributed by atoms with Gasteiger partial charge in [-0.3, -0.25) is 19.5 Å². The molecule has 0 fully saturated rings. The molecule has 0 saturated heterocycles. The van der Waals surface area contributed by atoms with Gasteiger partial charge >= 0.3 is 5.69 Å². The van der Waals surface area contributed by atoms with E-state index < -0.39 is 5.69 Å². The molecular formula is C22H18N4O4S. The lowest BCUT2D eigenvalue weighted by Crippen LogP contribution is -2.34. The van der Waals surface area contributed by atoms with Crippen LogP contribution in [0.25, 0.3) is 22.2 Å². The van der Waals surface area contributed by atoms with E-state index in [0.29, 0.717) is 28.2 Å². The smallest absolute Gasteiger partial charge is 0.328 e. The maximum atomic E-state index is 12.7. The van der Waals surface area contributed by atoms with Crippen LogP contribution >= 0.6 is 11.3 Å². The van der Waals surface area contributed by atoms with Crippen LogP contribution < -0.4 is 21.3 Å². The van der Waals surface area contributed by atoms with Crippen molar-refractivity contribution in [2.45, 2.75) is 19.9 Å². The normalized spacial score (nSPS) is 12.5. The Balaban J connectivity index is 1.40. The molecule has 3 heterocycles. The molecule has 5 rings (SSSR count). The van der Waals surface area contributed by atoms with Crippen LogP contribution in [0.15, 0.2) is 51.4 Å². The van der Waals surface area contributed by atoms with Gasteiger partial charge in [-0.05, 0) is 48.9 Å². The predicted octanol–water partition coefficient (Wildman–Crippen LogP) is 3.02. The lowest BCUT2D eigenvalue weighted by atomic mass is 10.1. The average molecular weight is 434 g/mol. The Morgan fingerprint density at radius 2 is 2.13 bits per heavy atom. The van der Waals surface area contributed by atoms with E-state index in [2.05, 4.69) is 21.4 Å². The van der Waals surface area contributed by atoms with Gasteiger partial charge in [-0.2, -0.15) is 0 Å². The number of H-pyrrole nitrogens is 1. The molecule has 0 radical (unpaired) electrons. The van der Waals surface area contributed by atoms with Crippen LogP contribution in [-0.4, -0.2) is 27.0 Å². The van der Waals surface area contributed by atoms with E-state index in [9.17, 15) is 14.4 Å². The number of amides is 1. The molecule has 0 unspecified atom stereocenters. The maximum absolute atomic E-state index is 12.7. The van der Waals surface area contributed by atoms with Crippen molar-refractivity contribution in [2.24, 2.45) is 0 Å². The van der Waals surface area contributed by atoms with Gasteiger partial charge in [0.25, 0.3) is 11.5 Å². The number of benzene rings is 2. The topological polar surface area (TPSA) is 106 Å². The molecule has 0 atom stereocenters. The van der Waals surface area contributed by atoms with Crippen LogP contribution in [0.3, 0.4) is 0 Å². The number of carbonyl (C=O) groups excluding carboxylic acids is 1. The molecule has 0 saturated carbocycles. The van der Waals surface area contributed by atoms with Crippen LogP contribution in [0.4, 0.5) is 5.13 Å². The first-order valence-electron chi connectivity index (χ1n) is 9.83. The third-order valence-electron chi connectivity index (χ3n) is 5.27. The summed E-state index contributed by atoms with van der Waals surface area (Å²) in [5, 5.41) is 5.49. The Bertz CT molecular complexity index is 1450. The van der Waals surface area contributed by atoms with Gasteiger partial charge in [0.05, 0.1) is 23.2 Å². The second-order valence-electron chi connectivity index (χ2n) is 7.15. The van der Waals surface area contributed by atoms with Gasteiger partial charge in [-0.1, -0.05) is 0 Å². The van der Waals surface area contributed by atoms with Gasteiger partial charge in [0.2, 0.25) is 0 Å². The van der Waals surface area contributed by atoms with Crippen molar-refractivity contribution in [2.75, 3.05) is 11.9 Å². The van der Waals surface area contributed by atoms with Gasteiger partial charge in [-0.25, -0.2) is 9.78 Å². The molecule has 0 aliphatic carbocycles. The summed E-state index contributed by atoms with van der Waals surface area (Å²) >= 11 is 1.33. The van der Waals surface area contributed by atoms with Gasteiger partial charge in [0.15, 0.2) is 5.13 Å². The van der Waals surface area contributed by atoms with Crippen molar-refractivity contribution in [3.05, 3.63) is 73.7 Å². The third-order valence-corrected chi connectivity index (χ3v) is 6.03. The number of nitrogens with one attached hydrogen (secondary N) is 2. The van der Waals surface area contributed by atoms with Crippen LogP contribution in [0.5, 0.6) is 5.75 Å². The van der Waals surface area contributed by atoms with Gasteiger partial charge in [-0.15, -0.1) is 11.3 Å². The van der Waals surface area contributed by atoms with E-state index in [0.717, 1.165) is 33.6 Å². The van der Waals surface area contributed by atoms with Gasteiger partial charge in [0.1, 0.15) is 5.75 Å². The fourth-order valence-electron chi connectivity index (χ4n) is 3.66. The zero-order valence-corrected chi connectivity index (χ0v) is 17.4. The lowest BCUT2D eigenvalue weighted by molar-refractivity contribution is 0.102. The Morgan fingerprint density at radius 1 is 1.26 bits per heavy atom. The van der Waals surface area contributed by atoms with Crippen molar-refractivity contribution in [1.29, 1.82) is 0 Å². The maximum Gasteiger partial charge on any atom is 0.328 e. The highest BCUT2D eigenvalue weighted by atomic mass is 32.1. The summed E-state index contributed by atoms with van der Waals surface area (Å²) in [6.45, 7) is 2.69. The van der Waals surface area contributed by atoms with E-state index >= 15 is 0 Å². The minimum Gasteiger partial charge on any atom is -0.493 e. The van der Waals surface area contributed by atoms with Crippen LogP contribution in [0.1, 0.15) is 22.8 Å². The summed E-state index contributed by atoms with van der Waals surface area (Å²) < 4.78 is 6.65. The number of aromatic nitrogens is 3. The highest BCUT2D eigenvalue weighted by Crippen LogP contribution is 2.32. The number of hydrogen-bond acceptors (Lipinski definition) is 6. The van der Waals surface area contributed by atoms with E-state index in [4.69, 9.17) is 4.74 Å². The van der Waals surface area contributed by atoms with E-state index in [-0.39, 0.29) is 18.0 Å². The fraction of sp³-hybridized carbons (Fsp3) is 0.182. The first kappa shape index (κ1) is 19.3. The summed E-state index contributed by atoms with van der Waals surface area (Å²) in [5.74, 6) is 0.540. The zero-order valence-electron chi connectivity index (χ0n) is 16.6. The van der Waals surface area contributed by atoms with Crippen LogP contribution in [0, 0.1) is 0 Å². The Morgan fingerprint density at radius 3 is 2.97 bits per heavy atom. The number of aromatic amines is 1. The number of ether oxygens (including phenoxy) is 1. The van der Waals surface area contributed by atoms with Crippen LogP contribution in [-0.2, 0) is 13.0 Å². The number of fused-ring (bicyclic) bond motifs is 2. The molecule has 2 aromatic carbocycles. The fourth-order valence-corrected chi connectivity index (χ4v) is 4.38. The molecule has 9 heteroatoms. The highest BCUT2D eigenvalue weighted by Gasteiger charge is 2.16. The Hall–Kier alpha value is -3.72. The van der Waals surface area contributed by atoms with Crippen molar-refractivity contribution in [3.8, 4) is 17.0 Å². The molecule has 1 aliphatic heterocycles. The number of hydrogen-bond donors (Lipinski definition) is 2. The molecule has 0 bridgehead atoms. The van der Waals surface area contributed by atoms with Crippen molar-refractivity contribution in [1.82, 2.24) is 14.5 Å². The zero-order chi connectivity index (χ0) is 21.5. The number of carbonyl (C=O) groups is 1. The lowest BCUT2D eigenvalue weighted by Gasteiger charge is -2.06. The first-order valence-corrected chi connectivity index (χ1v) is 10.7. The van der Waals surface area contributed by atoms with Crippen molar-refractivity contribution >= 4 is 33.3 Å². The molecule has 0 spiro atoms. The summed E-state index contributed by atoms with van der Waals surface area (Å²) in [5.41, 5.74) is 2.67. The molecule has 31 heavy (non-hydrogen) atoms. The monoisotopic (exact) mass is 434 g/mol. The molecule has 1 aliphatic rings. The number of nitrogens with zero attached hydrogens (tertiary/aromatic N) is 2. The minimum atomic E-state index is -0.498. The standard InChI is InChI=1S/C22H18N4O4S/c1-2-26-20(28)15-5-3-14(10-16(15)24-22(26)29)19(27)25-21-23-17(11-31-21)12-4-6-18-13(9-12)7-8-30-18/h3-6,9-11H,2,7-8H2,1H3,(H,24,29)(H,23,25,27). The molecule has 8 nitrogen and oxygen atoms in total. The molecule has 2 aromatic heterocycles. The Labute approximate surface area is 180 Å². The molecule has 156 valence electrons. The average Bonchev–Trinajstić information content (AvgIpc) is 3.42. The van der Waals surface area contributed by atoms with Gasteiger partial charge < -0.3 is 9.72 Å². The molecule has 4 aromatic rings. The number of anilines is 1. The van der Waals surface area contributed by atoms with E-state index in [1.54, 1.807) is 19.1 Å². The second-order valence-corrected chi connectivity index (χ2v) is 8.01. The third kappa shape index (κ3) is 3.42. The summed E-state index contributed by atoms with van der Waals surface area (Å²) in [7, 11) is 0. The summed E-state index contributed by atoms with van der Waals surface area (Å²) in [4.78, 5) is 44.3. The van der Waals surface area contributed by atoms with E-state index in [1.807, 2.05) is 17.5 Å². The largest absolute Gasteiger partial charge is 0.493 e. The number of rotatable bonds is 4. The quantitative estimate of drug-likeness (QED) is 0.514. The molecular weight excluding hydrogens is 416 g/mol. The number of thiazole rings is 1. The molecule has 2 N–H and O–H groups in total.